The lowest BCUT2D eigenvalue weighted by atomic mass is 9.79. The SMILES string of the molecule is COCC1(CNC(=O)c2occc2C)CCNCC1.Cl. The summed E-state index contributed by atoms with van der Waals surface area (Å²) in [5, 5.41) is 6.32. The van der Waals surface area contributed by atoms with Crippen molar-refractivity contribution in [1.29, 1.82) is 0 Å². The van der Waals surface area contributed by atoms with Crippen LogP contribution in [0.5, 0.6) is 0 Å². The van der Waals surface area contributed by atoms with Crippen molar-refractivity contribution in [3.05, 3.63) is 23.7 Å². The van der Waals surface area contributed by atoms with E-state index in [0.29, 0.717) is 18.9 Å². The molecule has 0 bridgehead atoms. The second kappa shape index (κ2) is 7.67. The average molecular weight is 303 g/mol. The Hall–Kier alpha value is -1.04. The number of ether oxygens (including phenoxy) is 1. The second-order valence-corrected chi connectivity index (χ2v) is 5.30. The third-order valence-electron chi connectivity index (χ3n) is 3.81. The Kier molecular flexibility index (Phi) is 6.52. The van der Waals surface area contributed by atoms with E-state index in [2.05, 4.69) is 10.6 Å². The highest BCUT2D eigenvalue weighted by atomic mass is 35.5. The second-order valence-electron chi connectivity index (χ2n) is 5.30. The fourth-order valence-corrected chi connectivity index (χ4v) is 2.59. The van der Waals surface area contributed by atoms with Gasteiger partial charge in [-0.1, -0.05) is 0 Å². The first-order chi connectivity index (χ1) is 9.17. The van der Waals surface area contributed by atoms with E-state index in [9.17, 15) is 4.79 Å². The lowest BCUT2D eigenvalue weighted by molar-refractivity contribution is 0.0506. The molecule has 0 saturated carbocycles. The van der Waals surface area contributed by atoms with E-state index in [0.717, 1.165) is 31.5 Å². The highest BCUT2D eigenvalue weighted by Crippen LogP contribution is 2.28. The summed E-state index contributed by atoms with van der Waals surface area (Å²) in [6.45, 7) is 5.11. The first kappa shape index (κ1) is 17.0. The maximum Gasteiger partial charge on any atom is 0.287 e. The molecule has 0 spiro atoms. The van der Waals surface area contributed by atoms with E-state index < -0.39 is 0 Å². The Labute approximate surface area is 125 Å². The van der Waals surface area contributed by atoms with E-state index in [4.69, 9.17) is 9.15 Å². The van der Waals surface area contributed by atoms with Gasteiger partial charge in [-0.3, -0.25) is 4.79 Å². The summed E-state index contributed by atoms with van der Waals surface area (Å²) in [5.74, 6) is 0.262. The van der Waals surface area contributed by atoms with Gasteiger partial charge in [-0.15, -0.1) is 12.4 Å². The van der Waals surface area contributed by atoms with Crippen LogP contribution in [0, 0.1) is 12.3 Å². The lowest BCUT2D eigenvalue weighted by Crippen LogP contribution is -2.47. The van der Waals surface area contributed by atoms with Gasteiger partial charge in [0, 0.05) is 24.6 Å². The van der Waals surface area contributed by atoms with E-state index in [1.54, 1.807) is 19.4 Å². The highest BCUT2D eigenvalue weighted by molar-refractivity contribution is 5.92. The van der Waals surface area contributed by atoms with E-state index in [1.165, 1.54) is 0 Å². The molecule has 0 aromatic carbocycles. The number of carbonyl (C=O) groups is 1. The molecule has 1 amide bonds. The maximum absolute atomic E-state index is 12.1. The smallest absolute Gasteiger partial charge is 0.287 e. The molecule has 1 fully saturated rings. The molecule has 2 rings (SSSR count). The Morgan fingerprint density at radius 3 is 2.75 bits per heavy atom. The fourth-order valence-electron chi connectivity index (χ4n) is 2.59. The summed E-state index contributed by atoms with van der Waals surface area (Å²) in [7, 11) is 1.71. The molecule has 6 heteroatoms. The lowest BCUT2D eigenvalue weighted by Gasteiger charge is -2.37. The number of carbonyl (C=O) groups excluding carboxylic acids is 1. The van der Waals surface area contributed by atoms with Crippen LogP contribution in [0.25, 0.3) is 0 Å². The van der Waals surface area contributed by atoms with E-state index in [-0.39, 0.29) is 23.7 Å². The predicted molar refractivity (Wildman–Crippen MR) is 79.4 cm³/mol. The average Bonchev–Trinajstić information content (AvgIpc) is 2.84. The highest BCUT2D eigenvalue weighted by Gasteiger charge is 2.32. The van der Waals surface area contributed by atoms with Gasteiger partial charge < -0.3 is 19.8 Å². The molecule has 1 aromatic rings. The number of furan rings is 1. The Bertz CT molecular complexity index is 422. The Morgan fingerprint density at radius 1 is 1.50 bits per heavy atom. The molecule has 1 aliphatic heterocycles. The van der Waals surface area contributed by atoms with Crippen molar-refractivity contribution in [1.82, 2.24) is 10.6 Å². The van der Waals surface area contributed by atoms with Crippen LogP contribution in [-0.4, -0.2) is 39.3 Å². The van der Waals surface area contributed by atoms with Gasteiger partial charge in [0.2, 0.25) is 0 Å². The summed E-state index contributed by atoms with van der Waals surface area (Å²) < 4.78 is 10.5. The fraction of sp³-hybridized carbons (Fsp3) is 0.643. The molecule has 5 nitrogen and oxygen atoms in total. The maximum atomic E-state index is 12.1. The van der Waals surface area contributed by atoms with Crippen molar-refractivity contribution in [2.45, 2.75) is 19.8 Å². The van der Waals surface area contributed by atoms with Gasteiger partial charge in [0.25, 0.3) is 5.91 Å². The molecule has 0 aliphatic carbocycles. The summed E-state index contributed by atoms with van der Waals surface area (Å²) in [6, 6.07) is 1.80. The van der Waals surface area contributed by atoms with Crippen molar-refractivity contribution in [2.24, 2.45) is 5.41 Å². The third-order valence-corrected chi connectivity index (χ3v) is 3.81. The van der Waals surface area contributed by atoms with Crippen molar-refractivity contribution in [3.8, 4) is 0 Å². The number of nitrogens with one attached hydrogen (secondary N) is 2. The van der Waals surface area contributed by atoms with Crippen molar-refractivity contribution in [3.63, 3.8) is 0 Å². The van der Waals surface area contributed by atoms with Crippen LogP contribution >= 0.6 is 12.4 Å². The molecule has 114 valence electrons. The van der Waals surface area contributed by atoms with E-state index >= 15 is 0 Å². The molecule has 0 radical (unpaired) electrons. The van der Waals surface area contributed by atoms with Crippen LogP contribution in [0.4, 0.5) is 0 Å². The topological polar surface area (TPSA) is 63.5 Å². The molecule has 20 heavy (non-hydrogen) atoms. The van der Waals surface area contributed by atoms with Gasteiger partial charge in [-0.05, 0) is 38.9 Å². The van der Waals surface area contributed by atoms with Crippen LogP contribution in [0.3, 0.4) is 0 Å². The molecule has 0 unspecified atom stereocenters. The quantitative estimate of drug-likeness (QED) is 0.870. The number of amides is 1. The minimum absolute atomic E-state index is 0. The van der Waals surface area contributed by atoms with E-state index in [1.807, 2.05) is 6.92 Å². The van der Waals surface area contributed by atoms with Crippen LogP contribution in [0.2, 0.25) is 0 Å². The zero-order valence-corrected chi connectivity index (χ0v) is 12.8. The summed E-state index contributed by atoms with van der Waals surface area (Å²) in [5.41, 5.74) is 0.902. The normalized spacial score (nSPS) is 17.3. The minimum atomic E-state index is -0.142. The standard InChI is InChI=1S/C14H22N2O3.ClH/c1-11-3-8-19-12(11)13(17)16-9-14(10-18-2)4-6-15-7-5-14;/h3,8,15H,4-7,9-10H2,1-2H3,(H,16,17);1H. The predicted octanol–water partition coefficient (Wildman–Crippen LogP) is 1.76. The molecule has 1 saturated heterocycles. The number of methoxy groups -OCH3 is 1. The molecule has 2 N–H and O–H groups in total. The molecule has 1 aromatic heterocycles. The van der Waals surface area contributed by atoms with Crippen molar-refractivity contribution >= 4 is 18.3 Å². The zero-order chi connectivity index (χ0) is 13.7. The molecule has 1 aliphatic rings. The summed E-state index contributed by atoms with van der Waals surface area (Å²) >= 11 is 0. The summed E-state index contributed by atoms with van der Waals surface area (Å²) in [4.78, 5) is 12.1. The van der Waals surface area contributed by atoms with Gasteiger partial charge in [0.15, 0.2) is 5.76 Å². The van der Waals surface area contributed by atoms with Gasteiger partial charge in [0.05, 0.1) is 12.9 Å². The van der Waals surface area contributed by atoms with Crippen LogP contribution in [0.1, 0.15) is 29.0 Å². The van der Waals surface area contributed by atoms with Gasteiger partial charge in [-0.2, -0.15) is 0 Å². The number of hydrogen-bond acceptors (Lipinski definition) is 4. The molecule has 2 heterocycles. The number of halogens is 1. The van der Waals surface area contributed by atoms with Crippen molar-refractivity contribution < 1.29 is 13.9 Å². The zero-order valence-electron chi connectivity index (χ0n) is 12.0. The largest absolute Gasteiger partial charge is 0.459 e. The van der Waals surface area contributed by atoms with Crippen LogP contribution in [-0.2, 0) is 4.74 Å². The van der Waals surface area contributed by atoms with Gasteiger partial charge in [0.1, 0.15) is 0 Å². The summed E-state index contributed by atoms with van der Waals surface area (Å²) in [6.07, 6.45) is 3.57. The molecular weight excluding hydrogens is 280 g/mol. The first-order valence-corrected chi connectivity index (χ1v) is 6.69. The van der Waals surface area contributed by atoms with Gasteiger partial charge >= 0.3 is 0 Å². The van der Waals surface area contributed by atoms with Crippen molar-refractivity contribution in [2.75, 3.05) is 33.4 Å². The number of piperidine rings is 1. The first-order valence-electron chi connectivity index (χ1n) is 6.69. The monoisotopic (exact) mass is 302 g/mol. The molecule has 0 atom stereocenters. The third kappa shape index (κ3) is 3.98. The number of aryl methyl sites for hydroxylation is 1. The molecular formula is C14H23ClN2O3. The Morgan fingerprint density at radius 2 is 2.20 bits per heavy atom. The van der Waals surface area contributed by atoms with Gasteiger partial charge in [-0.25, -0.2) is 0 Å². The Balaban J connectivity index is 0.00000200. The van der Waals surface area contributed by atoms with Crippen LogP contribution < -0.4 is 10.6 Å². The minimum Gasteiger partial charge on any atom is -0.459 e. The number of rotatable bonds is 5. The number of hydrogen-bond donors (Lipinski definition) is 2. The van der Waals surface area contributed by atoms with Crippen LogP contribution in [0.15, 0.2) is 16.7 Å².